The van der Waals surface area contributed by atoms with Crippen molar-refractivity contribution in [2.45, 2.75) is 32.3 Å². The lowest BCUT2D eigenvalue weighted by molar-refractivity contribution is 0.0445. The standard InChI is InChI=1S/C13H19F2N3O/c1-3-16-11-9(14)7-10(15)12(17-11)18-6-4-5-13(2,19)8-18/h7,19H,3-6,8H2,1-2H3,(H,16,17). The maximum Gasteiger partial charge on any atom is 0.168 e. The molecular formula is C13H19F2N3O. The summed E-state index contributed by atoms with van der Waals surface area (Å²) in [5.41, 5.74) is -0.862. The molecule has 1 aromatic heterocycles. The predicted octanol–water partition coefficient (Wildman–Crippen LogP) is 2.14. The summed E-state index contributed by atoms with van der Waals surface area (Å²) in [7, 11) is 0. The van der Waals surface area contributed by atoms with Gasteiger partial charge in [0, 0.05) is 25.7 Å². The zero-order valence-corrected chi connectivity index (χ0v) is 11.2. The number of aromatic nitrogens is 1. The largest absolute Gasteiger partial charge is 0.388 e. The van der Waals surface area contributed by atoms with Gasteiger partial charge in [-0.25, -0.2) is 13.8 Å². The Bertz CT molecular complexity index is 465. The van der Waals surface area contributed by atoms with Crippen molar-refractivity contribution in [2.24, 2.45) is 0 Å². The summed E-state index contributed by atoms with van der Waals surface area (Å²) < 4.78 is 27.4. The molecule has 4 nitrogen and oxygen atoms in total. The van der Waals surface area contributed by atoms with Gasteiger partial charge in [-0.2, -0.15) is 0 Å². The molecule has 1 aliphatic rings. The van der Waals surface area contributed by atoms with Crippen LogP contribution in [0.2, 0.25) is 0 Å². The number of nitrogens with one attached hydrogen (secondary N) is 1. The van der Waals surface area contributed by atoms with E-state index in [4.69, 9.17) is 0 Å². The van der Waals surface area contributed by atoms with Gasteiger partial charge >= 0.3 is 0 Å². The van der Waals surface area contributed by atoms with Crippen molar-refractivity contribution in [1.29, 1.82) is 0 Å². The van der Waals surface area contributed by atoms with Crippen molar-refractivity contribution in [3.8, 4) is 0 Å². The van der Waals surface area contributed by atoms with Crippen molar-refractivity contribution in [1.82, 2.24) is 4.98 Å². The fraction of sp³-hybridized carbons (Fsp3) is 0.615. The van der Waals surface area contributed by atoms with E-state index < -0.39 is 17.2 Å². The lowest BCUT2D eigenvalue weighted by Crippen LogP contribution is -2.46. The maximum absolute atomic E-state index is 13.9. The van der Waals surface area contributed by atoms with E-state index in [1.54, 1.807) is 11.8 Å². The second-order valence-electron chi connectivity index (χ2n) is 5.18. The zero-order chi connectivity index (χ0) is 14.0. The van der Waals surface area contributed by atoms with E-state index in [9.17, 15) is 13.9 Å². The third kappa shape index (κ3) is 3.12. The predicted molar refractivity (Wildman–Crippen MR) is 70.4 cm³/mol. The highest BCUT2D eigenvalue weighted by atomic mass is 19.1. The monoisotopic (exact) mass is 271 g/mol. The van der Waals surface area contributed by atoms with Gasteiger partial charge < -0.3 is 15.3 Å². The third-order valence-electron chi connectivity index (χ3n) is 3.23. The quantitative estimate of drug-likeness (QED) is 0.884. The number of nitrogens with zero attached hydrogens (tertiary/aromatic N) is 2. The molecule has 19 heavy (non-hydrogen) atoms. The van der Waals surface area contributed by atoms with Crippen molar-refractivity contribution in [3.05, 3.63) is 17.7 Å². The molecule has 0 saturated carbocycles. The summed E-state index contributed by atoms with van der Waals surface area (Å²) in [6, 6.07) is 0.837. The average Bonchev–Trinajstić information content (AvgIpc) is 2.31. The van der Waals surface area contributed by atoms with Gasteiger partial charge in [-0.15, -0.1) is 0 Å². The molecule has 1 atom stereocenters. The minimum Gasteiger partial charge on any atom is -0.388 e. The van der Waals surface area contributed by atoms with Gasteiger partial charge in [0.05, 0.1) is 5.60 Å². The first-order valence-corrected chi connectivity index (χ1v) is 6.50. The Hall–Kier alpha value is -1.43. The molecule has 6 heteroatoms. The van der Waals surface area contributed by atoms with Crippen LogP contribution in [0, 0.1) is 11.6 Å². The van der Waals surface area contributed by atoms with Gasteiger partial charge in [0.15, 0.2) is 23.3 Å². The average molecular weight is 271 g/mol. The summed E-state index contributed by atoms with van der Waals surface area (Å²) in [6.07, 6.45) is 1.43. The fourth-order valence-electron chi connectivity index (χ4n) is 2.37. The van der Waals surface area contributed by atoms with Crippen molar-refractivity contribution < 1.29 is 13.9 Å². The first-order chi connectivity index (χ1) is 8.93. The molecule has 0 bridgehead atoms. The first-order valence-electron chi connectivity index (χ1n) is 6.50. The Morgan fingerprint density at radius 1 is 1.47 bits per heavy atom. The van der Waals surface area contributed by atoms with E-state index in [0.717, 1.165) is 12.5 Å². The Balaban J connectivity index is 2.30. The van der Waals surface area contributed by atoms with E-state index in [1.807, 2.05) is 6.92 Å². The number of hydrogen-bond acceptors (Lipinski definition) is 4. The van der Waals surface area contributed by atoms with E-state index in [-0.39, 0.29) is 11.6 Å². The highest BCUT2D eigenvalue weighted by Crippen LogP contribution is 2.28. The van der Waals surface area contributed by atoms with Crippen LogP contribution >= 0.6 is 0 Å². The van der Waals surface area contributed by atoms with Crippen molar-refractivity contribution in [3.63, 3.8) is 0 Å². The van der Waals surface area contributed by atoms with Crippen LogP contribution in [0.5, 0.6) is 0 Å². The Morgan fingerprint density at radius 3 is 2.84 bits per heavy atom. The van der Waals surface area contributed by atoms with Crippen LogP contribution in [0.25, 0.3) is 0 Å². The summed E-state index contributed by atoms with van der Waals surface area (Å²) in [5.74, 6) is -1.26. The highest BCUT2D eigenvalue weighted by Gasteiger charge is 2.30. The smallest absolute Gasteiger partial charge is 0.168 e. The molecule has 2 heterocycles. The normalized spacial score (nSPS) is 23.5. The van der Waals surface area contributed by atoms with Gasteiger partial charge in [0.2, 0.25) is 0 Å². The second kappa shape index (κ2) is 5.28. The number of piperidine rings is 1. The number of hydrogen-bond donors (Lipinski definition) is 2. The molecule has 106 valence electrons. The summed E-state index contributed by atoms with van der Waals surface area (Å²) in [4.78, 5) is 5.67. The summed E-state index contributed by atoms with van der Waals surface area (Å²) in [6.45, 7) is 4.94. The van der Waals surface area contributed by atoms with Gasteiger partial charge in [-0.05, 0) is 26.7 Å². The Morgan fingerprint density at radius 2 is 2.21 bits per heavy atom. The fourth-order valence-corrected chi connectivity index (χ4v) is 2.37. The third-order valence-corrected chi connectivity index (χ3v) is 3.23. The lowest BCUT2D eigenvalue weighted by atomic mass is 9.95. The van der Waals surface area contributed by atoms with E-state index in [1.165, 1.54) is 0 Å². The van der Waals surface area contributed by atoms with Gasteiger partial charge in [0.25, 0.3) is 0 Å². The Labute approximate surface area is 111 Å². The number of anilines is 2. The van der Waals surface area contributed by atoms with Crippen molar-refractivity contribution >= 4 is 11.6 Å². The molecule has 0 aliphatic carbocycles. The molecular weight excluding hydrogens is 252 g/mol. The van der Waals surface area contributed by atoms with Gasteiger partial charge in [0.1, 0.15) is 0 Å². The maximum atomic E-state index is 13.9. The molecule has 2 rings (SSSR count). The van der Waals surface area contributed by atoms with Crippen LogP contribution in [0.3, 0.4) is 0 Å². The number of halogens is 2. The lowest BCUT2D eigenvalue weighted by Gasteiger charge is -2.37. The minimum absolute atomic E-state index is 0.0455. The molecule has 1 fully saturated rings. The molecule has 0 aromatic carbocycles. The molecule has 0 radical (unpaired) electrons. The molecule has 1 aliphatic heterocycles. The van der Waals surface area contributed by atoms with E-state index in [0.29, 0.717) is 26.1 Å². The van der Waals surface area contributed by atoms with E-state index in [2.05, 4.69) is 10.3 Å². The Kier molecular flexibility index (Phi) is 3.89. The van der Waals surface area contributed by atoms with Crippen LogP contribution in [0.15, 0.2) is 6.07 Å². The molecule has 2 N–H and O–H groups in total. The zero-order valence-electron chi connectivity index (χ0n) is 11.2. The number of aliphatic hydroxyl groups is 1. The minimum atomic E-state index is -0.862. The molecule has 1 aromatic rings. The first kappa shape index (κ1) is 14.0. The second-order valence-corrected chi connectivity index (χ2v) is 5.18. The van der Waals surface area contributed by atoms with Crippen LogP contribution in [0.4, 0.5) is 20.4 Å². The molecule has 0 amide bonds. The summed E-state index contributed by atoms with van der Waals surface area (Å²) in [5, 5.41) is 12.8. The van der Waals surface area contributed by atoms with Crippen LogP contribution in [0.1, 0.15) is 26.7 Å². The molecule has 1 saturated heterocycles. The van der Waals surface area contributed by atoms with Crippen LogP contribution < -0.4 is 10.2 Å². The SMILES string of the molecule is CCNc1nc(N2CCCC(C)(O)C2)c(F)cc1F. The van der Waals surface area contributed by atoms with Crippen molar-refractivity contribution in [2.75, 3.05) is 29.9 Å². The van der Waals surface area contributed by atoms with Crippen LogP contribution in [-0.2, 0) is 0 Å². The number of rotatable bonds is 3. The topological polar surface area (TPSA) is 48.4 Å². The summed E-state index contributed by atoms with van der Waals surface area (Å²) >= 11 is 0. The molecule has 1 unspecified atom stereocenters. The van der Waals surface area contributed by atoms with Gasteiger partial charge in [-0.3, -0.25) is 0 Å². The highest BCUT2D eigenvalue weighted by molar-refractivity contribution is 5.49. The van der Waals surface area contributed by atoms with Gasteiger partial charge in [-0.1, -0.05) is 0 Å². The molecule has 0 spiro atoms. The number of β-amino-alcohol motifs (C(OH)–C–C–N with tert-alkyl or cyclic N) is 1. The van der Waals surface area contributed by atoms with E-state index >= 15 is 0 Å². The number of pyridine rings is 1. The van der Waals surface area contributed by atoms with Crippen LogP contribution in [-0.4, -0.2) is 35.3 Å².